The first-order chi connectivity index (χ1) is 40.5. The minimum absolute atomic E-state index is 0.0133. The number of hydrogen-bond acceptors (Lipinski definition) is 5. The van der Waals surface area contributed by atoms with Gasteiger partial charge in [0.15, 0.2) is 0 Å². The van der Waals surface area contributed by atoms with Crippen molar-refractivity contribution in [3.63, 3.8) is 0 Å². The number of allylic oxidation sites excluding steroid dienone is 5. The number of aliphatic hydroxyl groups is 2. The van der Waals surface area contributed by atoms with Crippen LogP contribution >= 0.6 is 0 Å². The van der Waals surface area contributed by atoms with E-state index in [-0.39, 0.29) is 18.5 Å². The fourth-order valence-electron chi connectivity index (χ4n) is 11.7. The van der Waals surface area contributed by atoms with Gasteiger partial charge in [-0.1, -0.05) is 352 Å². The summed E-state index contributed by atoms with van der Waals surface area (Å²) in [5.74, 6) is -0.0488. The Morgan fingerprint density at radius 2 is 0.573 bits per heavy atom. The van der Waals surface area contributed by atoms with Crippen LogP contribution in [0.3, 0.4) is 0 Å². The molecule has 0 aromatic heterocycles. The molecular formula is C76H145NO5. The Morgan fingerprint density at radius 3 is 0.878 bits per heavy atom. The summed E-state index contributed by atoms with van der Waals surface area (Å²) >= 11 is 0. The van der Waals surface area contributed by atoms with Crippen molar-refractivity contribution in [1.29, 1.82) is 0 Å². The summed E-state index contributed by atoms with van der Waals surface area (Å²) in [6.45, 7) is 4.91. The minimum Gasteiger partial charge on any atom is -0.466 e. The van der Waals surface area contributed by atoms with Gasteiger partial charge in [0.1, 0.15) is 0 Å². The highest BCUT2D eigenvalue weighted by Gasteiger charge is 2.18. The molecule has 1 amide bonds. The molecule has 82 heavy (non-hydrogen) atoms. The maximum atomic E-state index is 12.5. The quantitative estimate of drug-likeness (QED) is 0.0320. The van der Waals surface area contributed by atoms with E-state index in [9.17, 15) is 19.8 Å². The van der Waals surface area contributed by atoms with Crippen LogP contribution in [0.15, 0.2) is 36.5 Å². The zero-order chi connectivity index (χ0) is 59.2. The van der Waals surface area contributed by atoms with Gasteiger partial charge in [-0.25, -0.2) is 0 Å². The van der Waals surface area contributed by atoms with Gasteiger partial charge < -0.3 is 20.3 Å². The number of unbranched alkanes of at least 4 members (excludes halogenated alkanes) is 55. The molecule has 0 fully saturated rings. The highest BCUT2D eigenvalue weighted by Crippen LogP contribution is 2.19. The summed E-state index contributed by atoms with van der Waals surface area (Å²) in [7, 11) is 0. The van der Waals surface area contributed by atoms with E-state index in [4.69, 9.17) is 4.74 Å². The van der Waals surface area contributed by atoms with Crippen LogP contribution in [-0.2, 0) is 14.3 Å². The van der Waals surface area contributed by atoms with Gasteiger partial charge in [0.05, 0.1) is 25.4 Å². The fraction of sp³-hybridized carbons (Fsp3) is 0.895. The smallest absolute Gasteiger partial charge is 0.305 e. The number of rotatable bonds is 70. The molecule has 0 spiro atoms. The van der Waals surface area contributed by atoms with Gasteiger partial charge in [0.25, 0.3) is 0 Å². The van der Waals surface area contributed by atoms with Crippen molar-refractivity contribution in [3.05, 3.63) is 36.5 Å². The number of amides is 1. The Labute approximate surface area is 513 Å². The van der Waals surface area contributed by atoms with E-state index < -0.39 is 12.1 Å². The normalized spacial score (nSPS) is 12.7. The summed E-state index contributed by atoms with van der Waals surface area (Å²) in [6.07, 6.45) is 92.6. The maximum absolute atomic E-state index is 12.5. The molecule has 3 N–H and O–H groups in total. The van der Waals surface area contributed by atoms with Crippen molar-refractivity contribution in [1.82, 2.24) is 5.32 Å². The maximum Gasteiger partial charge on any atom is 0.305 e. The number of hydrogen-bond donors (Lipinski definition) is 3. The topological polar surface area (TPSA) is 95.9 Å². The summed E-state index contributed by atoms with van der Waals surface area (Å²) in [6, 6.07) is -0.624. The first kappa shape index (κ1) is 80.1. The van der Waals surface area contributed by atoms with E-state index in [0.29, 0.717) is 19.4 Å². The molecule has 0 aliphatic rings. The van der Waals surface area contributed by atoms with E-state index in [1.807, 2.05) is 6.08 Å². The Bertz CT molecular complexity index is 1330. The third kappa shape index (κ3) is 67.2. The standard InChI is InChI=1S/C76H145NO5/c1-3-5-7-9-11-13-15-44-48-52-56-60-64-68-74(79)73(72-78)77-75(80)69-65-61-57-53-49-46-42-40-38-36-34-32-30-28-26-24-22-20-18-17-19-21-23-25-27-29-31-33-35-37-39-41-43-47-51-55-59-63-67-71-82-76(81)70-66-62-58-54-50-45-16-14-12-10-8-6-4-2/h14,16-18,64,68,73-74,78-79H,3-13,15,19-63,65-67,69-72H2,1-2H3,(H,77,80)/b16-14-,18-17-,68-64+. The van der Waals surface area contributed by atoms with Crippen molar-refractivity contribution in [2.24, 2.45) is 0 Å². The summed E-state index contributed by atoms with van der Waals surface area (Å²) in [5, 5.41) is 23.1. The molecule has 0 aliphatic heterocycles. The van der Waals surface area contributed by atoms with Gasteiger partial charge in [-0.2, -0.15) is 0 Å². The van der Waals surface area contributed by atoms with Crippen LogP contribution in [0.5, 0.6) is 0 Å². The van der Waals surface area contributed by atoms with Crippen LogP contribution in [0.1, 0.15) is 412 Å². The van der Waals surface area contributed by atoms with Crippen molar-refractivity contribution in [2.75, 3.05) is 13.2 Å². The zero-order valence-corrected chi connectivity index (χ0v) is 55.5. The number of carbonyl (C=O) groups is 2. The lowest BCUT2D eigenvalue weighted by molar-refractivity contribution is -0.143. The third-order valence-corrected chi connectivity index (χ3v) is 17.4. The monoisotopic (exact) mass is 1150 g/mol. The second kappa shape index (κ2) is 71.6. The number of carbonyl (C=O) groups excluding carboxylic acids is 2. The minimum atomic E-state index is -0.840. The molecule has 0 heterocycles. The predicted molar refractivity (Wildman–Crippen MR) is 361 cm³/mol. The van der Waals surface area contributed by atoms with Crippen LogP contribution < -0.4 is 5.32 Å². The van der Waals surface area contributed by atoms with Crippen LogP contribution in [0, 0.1) is 0 Å². The van der Waals surface area contributed by atoms with E-state index in [2.05, 4.69) is 43.5 Å². The predicted octanol–water partition coefficient (Wildman–Crippen LogP) is 24.3. The van der Waals surface area contributed by atoms with Crippen molar-refractivity contribution >= 4 is 11.9 Å². The van der Waals surface area contributed by atoms with Crippen molar-refractivity contribution in [3.8, 4) is 0 Å². The molecule has 0 aromatic carbocycles. The van der Waals surface area contributed by atoms with E-state index in [1.165, 1.54) is 340 Å². The van der Waals surface area contributed by atoms with Gasteiger partial charge in [0, 0.05) is 12.8 Å². The highest BCUT2D eigenvalue weighted by molar-refractivity contribution is 5.76. The van der Waals surface area contributed by atoms with Gasteiger partial charge in [0.2, 0.25) is 5.91 Å². The molecule has 484 valence electrons. The second-order valence-corrected chi connectivity index (χ2v) is 25.6. The summed E-state index contributed by atoms with van der Waals surface area (Å²) in [4.78, 5) is 24.5. The Hall–Kier alpha value is -1.92. The SMILES string of the molecule is CCCCCC/C=C\CCCCCCCC(=O)OCCCCCCCCCCCCCCCCCCCC/C=C\CCCCCCCCCCCCCCCCCCCC(=O)NC(CO)C(O)/C=C/CCCCCCCCCCCCC. The second-order valence-electron chi connectivity index (χ2n) is 25.6. The van der Waals surface area contributed by atoms with Gasteiger partial charge >= 0.3 is 5.97 Å². The molecule has 0 radical (unpaired) electrons. The van der Waals surface area contributed by atoms with Gasteiger partial charge in [-0.3, -0.25) is 9.59 Å². The highest BCUT2D eigenvalue weighted by atomic mass is 16.5. The molecule has 0 aliphatic carbocycles. The molecule has 0 saturated heterocycles. The van der Waals surface area contributed by atoms with Crippen molar-refractivity contribution in [2.45, 2.75) is 424 Å². The molecule has 6 heteroatoms. The van der Waals surface area contributed by atoms with Gasteiger partial charge in [-0.15, -0.1) is 0 Å². The van der Waals surface area contributed by atoms with Crippen molar-refractivity contribution < 1.29 is 24.5 Å². The first-order valence-electron chi connectivity index (χ1n) is 37.3. The molecule has 0 saturated carbocycles. The lowest BCUT2D eigenvalue weighted by Gasteiger charge is -2.20. The first-order valence-corrected chi connectivity index (χ1v) is 37.3. The molecule has 2 atom stereocenters. The average Bonchev–Trinajstić information content (AvgIpc) is 3.48. The number of nitrogens with one attached hydrogen (secondary N) is 1. The van der Waals surface area contributed by atoms with E-state index in [0.717, 1.165) is 44.9 Å². The summed E-state index contributed by atoms with van der Waals surface area (Å²) in [5.41, 5.74) is 0. The average molecular weight is 1150 g/mol. The number of ether oxygens (including phenoxy) is 1. The fourth-order valence-corrected chi connectivity index (χ4v) is 11.7. The number of esters is 1. The number of aliphatic hydroxyl groups excluding tert-OH is 2. The van der Waals surface area contributed by atoms with E-state index in [1.54, 1.807) is 6.08 Å². The molecule has 6 nitrogen and oxygen atoms in total. The van der Waals surface area contributed by atoms with Crippen LogP contribution in [0.25, 0.3) is 0 Å². The molecule has 0 rings (SSSR count). The lowest BCUT2D eigenvalue weighted by atomic mass is 10.0. The lowest BCUT2D eigenvalue weighted by Crippen LogP contribution is -2.45. The molecule has 0 bridgehead atoms. The summed E-state index contributed by atoms with van der Waals surface area (Å²) < 4.78 is 5.49. The Balaban J connectivity index is 3.32. The molecular weight excluding hydrogens is 1010 g/mol. The third-order valence-electron chi connectivity index (χ3n) is 17.4. The molecule has 0 aromatic rings. The Morgan fingerprint density at radius 1 is 0.329 bits per heavy atom. The molecule has 2 unspecified atom stereocenters. The van der Waals surface area contributed by atoms with Gasteiger partial charge in [-0.05, 0) is 83.5 Å². The van der Waals surface area contributed by atoms with Crippen LogP contribution in [0.4, 0.5) is 0 Å². The zero-order valence-electron chi connectivity index (χ0n) is 55.5. The Kier molecular flexibility index (Phi) is 69.9. The van der Waals surface area contributed by atoms with Crippen LogP contribution in [-0.4, -0.2) is 47.4 Å². The van der Waals surface area contributed by atoms with E-state index >= 15 is 0 Å². The largest absolute Gasteiger partial charge is 0.466 e. The van der Waals surface area contributed by atoms with Crippen LogP contribution in [0.2, 0.25) is 0 Å².